The van der Waals surface area contributed by atoms with Crippen LogP contribution in [0.25, 0.3) is 0 Å². The van der Waals surface area contributed by atoms with Gasteiger partial charge in [-0.1, -0.05) is 13.0 Å². The van der Waals surface area contributed by atoms with Gasteiger partial charge in [-0.15, -0.1) is 0 Å². The van der Waals surface area contributed by atoms with E-state index < -0.39 is 0 Å². The van der Waals surface area contributed by atoms with Crippen molar-refractivity contribution in [2.24, 2.45) is 0 Å². The third kappa shape index (κ3) is 3.54. The Kier molecular flexibility index (Phi) is 5.20. The maximum absolute atomic E-state index is 11.9. The Labute approximate surface area is 127 Å². The van der Waals surface area contributed by atoms with Crippen molar-refractivity contribution in [3.63, 3.8) is 0 Å². The van der Waals surface area contributed by atoms with Crippen LogP contribution in [0.1, 0.15) is 24.9 Å². The SMILES string of the molecule is CCCN(CCN(C)C)c1ccc2c(c1)NC(=O)C2NC. The molecule has 1 unspecified atom stereocenters. The molecule has 0 aliphatic carbocycles. The number of hydrogen-bond donors (Lipinski definition) is 2. The molecule has 5 heteroatoms. The summed E-state index contributed by atoms with van der Waals surface area (Å²) in [7, 11) is 5.99. The van der Waals surface area contributed by atoms with Gasteiger partial charge in [0.15, 0.2) is 0 Å². The molecule has 1 aliphatic heterocycles. The van der Waals surface area contributed by atoms with E-state index in [1.165, 1.54) is 5.69 Å². The number of hydrogen-bond acceptors (Lipinski definition) is 4. The van der Waals surface area contributed by atoms with Gasteiger partial charge in [-0.25, -0.2) is 0 Å². The predicted molar refractivity (Wildman–Crippen MR) is 87.9 cm³/mol. The first-order valence-electron chi connectivity index (χ1n) is 7.58. The Morgan fingerprint density at radius 1 is 1.24 bits per heavy atom. The van der Waals surface area contributed by atoms with E-state index in [0.29, 0.717) is 0 Å². The minimum Gasteiger partial charge on any atom is -0.370 e. The Morgan fingerprint density at radius 2 is 2.00 bits per heavy atom. The zero-order chi connectivity index (χ0) is 15.4. The van der Waals surface area contributed by atoms with E-state index in [9.17, 15) is 4.79 Å². The van der Waals surface area contributed by atoms with Crippen molar-refractivity contribution in [2.45, 2.75) is 19.4 Å². The van der Waals surface area contributed by atoms with E-state index in [1.54, 1.807) is 0 Å². The molecular formula is C16H26N4O. The second-order valence-electron chi connectivity index (χ2n) is 5.77. The molecule has 0 spiro atoms. The first-order valence-corrected chi connectivity index (χ1v) is 7.58. The Balaban J connectivity index is 2.19. The van der Waals surface area contributed by atoms with Gasteiger partial charge in [0.1, 0.15) is 6.04 Å². The molecule has 21 heavy (non-hydrogen) atoms. The molecule has 2 N–H and O–H groups in total. The minimum absolute atomic E-state index is 0.0278. The molecular weight excluding hydrogens is 264 g/mol. The molecule has 0 aromatic heterocycles. The van der Waals surface area contributed by atoms with Gasteiger partial charge in [0, 0.05) is 36.6 Å². The zero-order valence-electron chi connectivity index (χ0n) is 13.4. The fourth-order valence-corrected chi connectivity index (χ4v) is 2.69. The highest BCUT2D eigenvalue weighted by molar-refractivity contribution is 6.03. The van der Waals surface area contributed by atoms with Gasteiger partial charge in [-0.3, -0.25) is 4.79 Å². The number of nitrogens with one attached hydrogen (secondary N) is 2. The minimum atomic E-state index is -0.226. The lowest BCUT2D eigenvalue weighted by Gasteiger charge is -2.26. The van der Waals surface area contributed by atoms with Crippen molar-refractivity contribution in [2.75, 3.05) is 51.0 Å². The van der Waals surface area contributed by atoms with E-state index >= 15 is 0 Å². The highest BCUT2D eigenvalue weighted by atomic mass is 16.2. The molecule has 2 rings (SSSR count). The zero-order valence-corrected chi connectivity index (χ0v) is 13.4. The molecule has 1 atom stereocenters. The van der Waals surface area contributed by atoms with Gasteiger partial charge in [-0.05, 0) is 39.7 Å². The lowest BCUT2D eigenvalue weighted by Crippen LogP contribution is -2.32. The maximum atomic E-state index is 11.9. The quantitative estimate of drug-likeness (QED) is 0.802. The average molecular weight is 290 g/mol. The van der Waals surface area contributed by atoms with Crippen LogP contribution in [0.15, 0.2) is 18.2 Å². The number of amides is 1. The lowest BCUT2D eigenvalue weighted by molar-refractivity contribution is -0.117. The molecule has 1 aliphatic rings. The maximum Gasteiger partial charge on any atom is 0.246 e. The monoisotopic (exact) mass is 290 g/mol. The molecule has 0 saturated heterocycles. The molecule has 1 aromatic carbocycles. The molecule has 0 radical (unpaired) electrons. The van der Waals surface area contributed by atoms with Crippen LogP contribution in [0.4, 0.5) is 11.4 Å². The van der Waals surface area contributed by atoms with E-state index in [2.05, 4.69) is 59.7 Å². The average Bonchev–Trinajstić information content (AvgIpc) is 2.77. The number of likely N-dealkylation sites (N-methyl/N-ethyl adjacent to an activating group) is 2. The van der Waals surface area contributed by atoms with E-state index in [1.807, 2.05) is 7.05 Å². The first kappa shape index (κ1) is 15.8. The summed E-state index contributed by atoms with van der Waals surface area (Å²) in [6.07, 6.45) is 1.11. The fraction of sp³-hybridized carbons (Fsp3) is 0.562. The lowest BCUT2D eigenvalue weighted by atomic mass is 10.1. The number of benzene rings is 1. The molecule has 0 saturated carbocycles. The van der Waals surface area contributed by atoms with Crippen LogP contribution in [0.3, 0.4) is 0 Å². The topological polar surface area (TPSA) is 47.6 Å². The van der Waals surface area contributed by atoms with Crippen molar-refractivity contribution < 1.29 is 4.79 Å². The van der Waals surface area contributed by atoms with Gasteiger partial charge >= 0.3 is 0 Å². The van der Waals surface area contributed by atoms with Crippen LogP contribution >= 0.6 is 0 Å². The van der Waals surface area contributed by atoms with E-state index in [0.717, 1.165) is 37.3 Å². The number of rotatable bonds is 7. The van der Waals surface area contributed by atoms with Gasteiger partial charge < -0.3 is 20.4 Å². The largest absolute Gasteiger partial charge is 0.370 e. The summed E-state index contributed by atoms with van der Waals surface area (Å²) in [5.41, 5.74) is 3.15. The Hall–Kier alpha value is -1.59. The Bertz CT molecular complexity index is 501. The second-order valence-corrected chi connectivity index (χ2v) is 5.77. The second kappa shape index (κ2) is 6.91. The fourth-order valence-electron chi connectivity index (χ4n) is 2.69. The van der Waals surface area contributed by atoms with Crippen molar-refractivity contribution in [1.82, 2.24) is 10.2 Å². The van der Waals surface area contributed by atoms with Crippen molar-refractivity contribution in [3.8, 4) is 0 Å². The van der Waals surface area contributed by atoms with Crippen molar-refractivity contribution in [3.05, 3.63) is 23.8 Å². The smallest absolute Gasteiger partial charge is 0.246 e. The van der Waals surface area contributed by atoms with Crippen LogP contribution in [0.2, 0.25) is 0 Å². The number of anilines is 2. The number of carbonyl (C=O) groups excluding carboxylic acids is 1. The predicted octanol–water partition coefficient (Wildman–Crippen LogP) is 1.68. The third-order valence-electron chi connectivity index (χ3n) is 3.83. The molecule has 1 heterocycles. The summed E-state index contributed by atoms with van der Waals surface area (Å²) in [5, 5.41) is 6.01. The number of fused-ring (bicyclic) bond motifs is 1. The molecule has 5 nitrogen and oxygen atoms in total. The highest BCUT2D eigenvalue weighted by Gasteiger charge is 2.29. The number of carbonyl (C=O) groups is 1. The standard InChI is InChI=1S/C16H26N4O/c1-5-8-20(10-9-19(3)4)12-6-7-13-14(11-12)18-16(21)15(13)17-2/h6-7,11,15,17H,5,8-10H2,1-4H3,(H,18,21). The molecule has 1 aromatic rings. The van der Waals surface area contributed by atoms with Crippen LogP contribution in [0, 0.1) is 0 Å². The molecule has 0 bridgehead atoms. The molecule has 1 amide bonds. The van der Waals surface area contributed by atoms with Crippen LogP contribution < -0.4 is 15.5 Å². The van der Waals surface area contributed by atoms with Gasteiger partial charge in [0.05, 0.1) is 0 Å². The van der Waals surface area contributed by atoms with Gasteiger partial charge in [0.25, 0.3) is 0 Å². The van der Waals surface area contributed by atoms with E-state index in [4.69, 9.17) is 0 Å². The van der Waals surface area contributed by atoms with Crippen LogP contribution in [-0.2, 0) is 4.79 Å². The normalized spacial score (nSPS) is 17.0. The highest BCUT2D eigenvalue weighted by Crippen LogP contribution is 2.33. The summed E-state index contributed by atoms with van der Waals surface area (Å²) in [6, 6.07) is 6.04. The summed E-state index contributed by atoms with van der Waals surface area (Å²) in [5.74, 6) is 0.0278. The molecule has 0 fully saturated rings. The summed E-state index contributed by atoms with van der Waals surface area (Å²) in [4.78, 5) is 16.5. The summed E-state index contributed by atoms with van der Waals surface area (Å²) in [6.45, 7) is 5.22. The third-order valence-corrected chi connectivity index (χ3v) is 3.83. The summed E-state index contributed by atoms with van der Waals surface area (Å²) < 4.78 is 0. The number of nitrogens with zero attached hydrogens (tertiary/aromatic N) is 2. The first-order chi connectivity index (χ1) is 10.1. The van der Waals surface area contributed by atoms with Crippen LogP contribution in [0.5, 0.6) is 0 Å². The van der Waals surface area contributed by atoms with E-state index in [-0.39, 0.29) is 11.9 Å². The summed E-state index contributed by atoms with van der Waals surface area (Å²) >= 11 is 0. The molecule has 116 valence electrons. The van der Waals surface area contributed by atoms with Crippen LogP contribution in [-0.4, -0.2) is 51.6 Å². The van der Waals surface area contributed by atoms with Gasteiger partial charge in [0.2, 0.25) is 5.91 Å². The Morgan fingerprint density at radius 3 is 2.62 bits per heavy atom. The van der Waals surface area contributed by atoms with Crippen molar-refractivity contribution >= 4 is 17.3 Å². The van der Waals surface area contributed by atoms with Gasteiger partial charge in [-0.2, -0.15) is 0 Å². The van der Waals surface area contributed by atoms with Crippen molar-refractivity contribution in [1.29, 1.82) is 0 Å².